The number of rotatable bonds is 6. The largest absolute Gasteiger partial charge is 0.290 e. The molecule has 0 rings (SSSR count). The molecule has 2 nitrogen and oxygen atoms in total. The minimum Gasteiger partial charge on any atom is -0.290 e. The van der Waals surface area contributed by atoms with Crippen LogP contribution in [-0.4, -0.2) is 24.7 Å². The van der Waals surface area contributed by atoms with Gasteiger partial charge in [0.2, 0.25) is 0 Å². The van der Waals surface area contributed by atoms with Crippen molar-refractivity contribution in [2.75, 3.05) is 19.8 Å². The van der Waals surface area contributed by atoms with Gasteiger partial charge in [-0.05, 0) is 25.9 Å². The van der Waals surface area contributed by atoms with Crippen LogP contribution in [0, 0.1) is 0 Å². The summed E-state index contributed by atoms with van der Waals surface area (Å²) < 4.78 is 0. The molecule has 1 N–H and O–H groups in total. The number of unbranched alkanes of at least 4 members (excludes halogenated alkanes) is 1. The van der Waals surface area contributed by atoms with Crippen molar-refractivity contribution in [1.82, 2.24) is 10.6 Å². The van der Waals surface area contributed by atoms with E-state index in [0.717, 1.165) is 13.1 Å². The Hall–Kier alpha value is -0.0800. The maximum atomic E-state index is 7.17. The Morgan fingerprint density at radius 1 is 1.10 bits per heavy atom. The summed E-state index contributed by atoms with van der Waals surface area (Å²) in [4.78, 5) is 2.18. The van der Waals surface area contributed by atoms with E-state index in [-0.39, 0.29) is 0 Å². The minimum absolute atomic E-state index is 0.466. The summed E-state index contributed by atoms with van der Waals surface area (Å²) in [6.07, 6.45) is 3.64. The van der Waals surface area contributed by atoms with Crippen LogP contribution in [-0.2, 0) is 0 Å². The maximum Gasteiger partial charge on any atom is 0.0615 e. The highest BCUT2D eigenvalue weighted by atomic mass is 15.2. The van der Waals surface area contributed by atoms with Gasteiger partial charge in [0.1, 0.15) is 0 Å². The van der Waals surface area contributed by atoms with E-state index in [1.807, 2.05) is 0 Å². The van der Waals surface area contributed by atoms with Crippen molar-refractivity contribution >= 4 is 0 Å². The van der Waals surface area contributed by atoms with E-state index in [1.165, 1.54) is 19.3 Å². The zero-order chi connectivity index (χ0) is 7.82. The van der Waals surface area contributed by atoms with Gasteiger partial charge in [-0.2, -0.15) is 0 Å². The molecule has 61 valence electrons. The van der Waals surface area contributed by atoms with Gasteiger partial charge in [0, 0.05) is 0 Å². The molecule has 0 aromatic carbocycles. The first kappa shape index (κ1) is 9.92. The SMILES string of the molecule is CCCCN(C[NH])CCC. The predicted octanol–water partition coefficient (Wildman–Crippen LogP) is 1.74. The van der Waals surface area contributed by atoms with E-state index in [1.54, 1.807) is 0 Å². The van der Waals surface area contributed by atoms with Crippen LogP contribution in [0.25, 0.3) is 0 Å². The summed E-state index contributed by atoms with van der Waals surface area (Å²) in [6, 6.07) is 0. The van der Waals surface area contributed by atoms with Crippen LogP contribution in [0.1, 0.15) is 33.1 Å². The fourth-order valence-corrected chi connectivity index (χ4v) is 0.968. The molecular weight excluding hydrogens is 124 g/mol. The lowest BCUT2D eigenvalue weighted by molar-refractivity contribution is 0.273. The van der Waals surface area contributed by atoms with E-state index in [4.69, 9.17) is 5.73 Å². The molecule has 0 heterocycles. The van der Waals surface area contributed by atoms with Crippen molar-refractivity contribution in [1.29, 1.82) is 0 Å². The third-order valence-corrected chi connectivity index (χ3v) is 1.59. The highest BCUT2D eigenvalue weighted by molar-refractivity contribution is 4.51. The van der Waals surface area contributed by atoms with Crippen LogP contribution in [0.2, 0.25) is 0 Å². The smallest absolute Gasteiger partial charge is 0.0615 e. The van der Waals surface area contributed by atoms with Crippen molar-refractivity contribution in [2.24, 2.45) is 0 Å². The molecular formula is C8H19N2. The minimum atomic E-state index is 0.466. The predicted molar refractivity (Wildman–Crippen MR) is 44.7 cm³/mol. The van der Waals surface area contributed by atoms with E-state index < -0.39 is 0 Å². The van der Waals surface area contributed by atoms with Gasteiger partial charge in [-0.15, -0.1) is 0 Å². The van der Waals surface area contributed by atoms with Crippen LogP contribution >= 0.6 is 0 Å². The van der Waals surface area contributed by atoms with Crippen LogP contribution in [0.4, 0.5) is 0 Å². The number of nitrogens with zero attached hydrogens (tertiary/aromatic N) is 1. The fourth-order valence-electron chi connectivity index (χ4n) is 0.968. The molecule has 0 unspecified atom stereocenters. The molecule has 10 heavy (non-hydrogen) atoms. The molecule has 1 radical (unpaired) electrons. The van der Waals surface area contributed by atoms with Crippen LogP contribution in [0.3, 0.4) is 0 Å². The molecule has 0 aliphatic heterocycles. The van der Waals surface area contributed by atoms with Crippen molar-refractivity contribution in [3.63, 3.8) is 0 Å². The second kappa shape index (κ2) is 7.03. The van der Waals surface area contributed by atoms with Crippen molar-refractivity contribution in [3.05, 3.63) is 0 Å². The lowest BCUT2D eigenvalue weighted by atomic mass is 10.3. The average molecular weight is 143 g/mol. The van der Waals surface area contributed by atoms with Gasteiger partial charge in [0.15, 0.2) is 0 Å². The Balaban J connectivity index is 3.21. The van der Waals surface area contributed by atoms with Gasteiger partial charge in [0.05, 0.1) is 6.67 Å². The molecule has 0 atom stereocenters. The Bertz CT molecular complexity index is 64.3. The second-order valence-electron chi connectivity index (χ2n) is 2.63. The van der Waals surface area contributed by atoms with Crippen molar-refractivity contribution in [2.45, 2.75) is 33.1 Å². The molecule has 2 heteroatoms. The number of nitrogens with one attached hydrogen (secondary N) is 1. The third-order valence-electron chi connectivity index (χ3n) is 1.59. The summed E-state index contributed by atoms with van der Waals surface area (Å²) in [6.45, 7) is 7.01. The Morgan fingerprint density at radius 3 is 2.20 bits per heavy atom. The second-order valence-corrected chi connectivity index (χ2v) is 2.63. The first-order valence-electron chi connectivity index (χ1n) is 4.22. The first-order valence-corrected chi connectivity index (χ1v) is 4.22. The molecule has 0 saturated heterocycles. The highest BCUT2D eigenvalue weighted by Crippen LogP contribution is 1.94. The Labute approximate surface area is 64.4 Å². The van der Waals surface area contributed by atoms with Gasteiger partial charge in [0.25, 0.3) is 0 Å². The zero-order valence-electron chi connectivity index (χ0n) is 7.19. The molecule has 0 bridgehead atoms. The highest BCUT2D eigenvalue weighted by Gasteiger charge is 1.97. The average Bonchev–Trinajstić information content (AvgIpc) is 1.98. The van der Waals surface area contributed by atoms with E-state index in [2.05, 4.69) is 18.7 Å². The summed E-state index contributed by atoms with van der Waals surface area (Å²) in [7, 11) is 0. The molecule has 0 aromatic heterocycles. The molecule has 0 amide bonds. The Morgan fingerprint density at radius 2 is 1.80 bits per heavy atom. The Kier molecular flexibility index (Phi) is 6.98. The van der Waals surface area contributed by atoms with Crippen molar-refractivity contribution in [3.8, 4) is 0 Å². The lowest BCUT2D eigenvalue weighted by Gasteiger charge is -2.17. The summed E-state index contributed by atoms with van der Waals surface area (Å²) in [5, 5.41) is 0. The lowest BCUT2D eigenvalue weighted by Crippen LogP contribution is -2.27. The summed E-state index contributed by atoms with van der Waals surface area (Å²) in [5.41, 5.74) is 7.17. The molecule has 0 spiro atoms. The molecule has 0 saturated carbocycles. The van der Waals surface area contributed by atoms with E-state index in [9.17, 15) is 0 Å². The number of hydrogen-bond donors (Lipinski definition) is 0. The summed E-state index contributed by atoms with van der Waals surface area (Å²) >= 11 is 0. The van der Waals surface area contributed by atoms with E-state index in [0.29, 0.717) is 6.67 Å². The molecule has 0 aromatic rings. The topological polar surface area (TPSA) is 27.0 Å². The van der Waals surface area contributed by atoms with Crippen molar-refractivity contribution < 1.29 is 0 Å². The van der Waals surface area contributed by atoms with Crippen LogP contribution < -0.4 is 5.73 Å². The first-order chi connectivity index (χ1) is 4.85. The van der Waals surface area contributed by atoms with E-state index >= 15 is 0 Å². The summed E-state index contributed by atoms with van der Waals surface area (Å²) in [5.74, 6) is 0. The quantitative estimate of drug-likeness (QED) is 0.556. The number of hydrogen-bond acceptors (Lipinski definition) is 1. The monoisotopic (exact) mass is 143 g/mol. The van der Waals surface area contributed by atoms with Crippen LogP contribution in [0.5, 0.6) is 0 Å². The molecule has 0 aliphatic carbocycles. The molecule has 0 aliphatic rings. The zero-order valence-corrected chi connectivity index (χ0v) is 7.19. The van der Waals surface area contributed by atoms with Crippen LogP contribution in [0.15, 0.2) is 0 Å². The maximum absolute atomic E-state index is 7.17. The van der Waals surface area contributed by atoms with Gasteiger partial charge >= 0.3 is 0 Å². The normalized spacial score (nSPS) is 10.8. The third kappa shape index (κ3) is 4.77. The van der Waals surface area contributed by atoms with Gasteiger partial charge in [-0.3, -0.25) is 4.90 Å². The van der Waals surface area contributed by atoms with Gasteiger partial charge in [-0.1, -0.05) is 20.3 Å². The molecule has 0 fully saturated rings. The van der Waals surface area contributed by atoms with Gasteiger partial charge < -0.3 is 0 Å². The van der Waals surface area contributed by atoms with Gasteiger partial charge in [-0.25, -0.2) is 5.73 Å². The fraction of sp³-hybridized carbons (Fsp3) is 1.00. The standard InChI is InChI=1S/C8H19N2/c1-3-5-7-10(8-9)6-4-2/h9H,3-8H2,1-2H3.